The summed E-state index contributed by atoms with van der Waals surface area (Å²) in [5.41, 5.74) is 0. The molecule has 0 aliphatic carbocycles. The van der Waals surface area contributed by atoms with Crippen molar-refractivity contribution in [2.75, 3.05) is 6.54 Å². The molecule has 10 heavy (non-hydrogen) atoms. The number of aliphatic hydroxyl groups is 1. The highest BCUT2D eigenvalue weighted by molar-refractivity contribution is 5.44. The van der Waals surface area contributed by atoms with E-state index in [1.54, 1.807) is 0 Å². The predicted molar refractivity (Wildman–Crippen MR) is 35.3 cm³/mol. The van der Waals surface area contributed by atoms with E-state index in [0.29, 0.717) is 0 Å². The average molecular weight is 149 g/mol. The maximum Gasteiger partial charge on any atom is 0.229 e. The molecule has 0 rings (SSSR count). The van der Waals surface area contributed by atoms with Gasteiger partial charge in [-0.2, -0.15) is 0 Å². The fraction of sp³-hybridized carbons (Fsp3) is 0.800. The van der Waals surface area contributed by atoms with Crippen molar-refractivity contribution in [3.63, 3.8) is 0 Å². The van der Waals surface area contributed by atoms with Crippen molar-refractivity contribution in [1.29, 1.82) is 0 Å². The van der Waals surface area contributed by atoms with E-state index in [-0.39, 0.29) is 6.54 Å². The lowest BCUT2D eigenvalue weighted by Crippen LogP contribution is -2.14. The number of carbonyl (C=O) groups excluding carboxylic acids is 1. The largest absolute Gasteiger partial charge is 0.387 e. The van der Waals surface area contributed by atoms with Crippen LogP contribution in [0.25, 0.3) is 0 Å². The fourth-order valence-electron chi connectivity index (χ4n) is 0.216. The molecule has 1 atom stereocenters. The molecule has 0 amide bonds. The van der Waals surface area contributed by atoms with Crippen LogP contribution in [0.15, 0.2) is 0 Å². The number of nitro groups is 1. The summed E-state index contributed by atoms with van der Waals surface area (Å²) in [6.07, 6.45) is -0.0741. The van der Waals surface area contributed by atoms with Gasteiger partial charge in [-0.05, 0) is 13.8 Å². The first-order valence-electron chi connectivity index (χ1n) is 2.74. The monoisotopic (exact) mass is 149 g/mol. The van der Waals surface area contributed by atoms with Crippen LogP contribution >= 0.6 is 0 Å². The van der Waals surface area contributed by atoms with Crippen LogP contribution in [0.4, 0.5) is 0 Å². The van der Waals surface area contributed by atoms with E-state index in [9.17, 15) is 10.1 Å². The summed E-state index contributed by atoms with van der Waals surface area (Å²) in [6, 6.07) is 0. The maximum atomic E-state index is 9.46. The van der Waals surface area contributed by atoms with Crippen LogP contribution in [0.1, 0.15) is 13.8 Å². The van der Waals surface area contributed by atoms with E-state index < -0.39 is 11.0 Å². The van der Waals surface area contributed by atoms with Crippen molar-refractivity contribution in [1.82, 2.24) is 0 Å². The number of hydrogen-bond acceptors (Lipinski definition) is 4. The molecule has 1 unspecified atom stereocenters. The Kier molecular flexibility index (Phi) is 9.46. The van der Waals surface area contributed by atoms with Crippen LogP contribution in [0.5, 0.6) is 0 Å². The molecule has 0 aromatic heterocycles. The van der Waals surface area contributed by atoms with Crippen molar-refractivity contribution < 1.29 is 14.8 Å². The van der Waals surface area contributed by atoms with Gasteiger partial charge in [-0.1, -0.05) is 0 Å². The minimum Gasteiger partial charge on any atom is -0.387 e. The van der Waals surface area contributed by atoms with Crippen LogP contribution in [-0.2, 0) is 4.79 Å². The number of nitrogens with zero attached hydrogens (tertiary/aromatic N) is 1. The van der Waals surface area contributed by atoms with Gasteiger partial charge in [0.15, 0.2) is 0 Å². The third-order valence-electron chi connectivity index (χ3n) is 0.413. The normalized spacial score (nSPS) is 10.7. The maximum absolute atomic E-state index is 9.46. The summed E-state index contributed by atoms with van der Waals surface area (Å²) >= 11 is 0. The van der Waals surface area contributed by atoms with E-state index in [1.807, 2.05) is 0 Å². The first-order chi connectivity index (χ1) is 4.54. The van der Waals surface area contributed by atoms with E-state index in [4.69, 9.17) is 9.90 Å². The van der Waals surface area contributed by atoms with E-state index >= 15 is 0 Å². The van der Waals surface area contributed by atoms with Gasteiger partial charge in [0.1, 0.15) is 12.4 Å². The molecule has 5 nitrogen and oxygen atoms in total. The minimum atomic E-state index is -0.824. The number of aldehydes is 1. The zero-order chi connectivity index (χ0) is 8.57. The number of rotatable bonds is 2. The molecule has 5 heteroatoms. The summed E-state index contributed by atoms with van der Waals surface area (Å²) in [5.74, 6) is 0. The Morgan fingerprint density at radius 2 is 2.10 bits per heavy atom. The van der Waals surface area contributed by atoms with Crippen molar-refractivity contribution in [2.24, 2.45) is 0 Å². The minimum absolute atomic E-state index is 0.361. The SMILES string of the molecule is CC(O)C[N+](=O)[O-].CC=O. The molecule has 60 valence electrons. The Balaban J connectivity index is 0. The first-order valence-corrected chi connectivity index (χ1v) is 2.74. The van der Waals surface area contributed by atoms with Gasteiger partial charge in [0.2, 0.25) is 6.54 Å². The molecule has 0 bridgehead atoms. The molecular weight excluding hydrogens is 138 g/mol. The number of aliphatic hydroxyl groups excluding tert-OH is 1. The highest BCUT2D eigenvalue weighted by atomic mass is 16.6. The van der Waals surface area contributed by atoms with E-state index in [1.165, 1.54) is 13.8 Å². The van der Waals surface area contributed by atoms with Crippen LogP contribution < -0.4 is 0 Å². The van der Waals surface area contributed by atoms with Gasteiger partial charge < -0.3 is 9.90 Å². The quantitative estimate of drug-likeness (QED) is 0.336. The van der Waals surface area contributed by atoms with Gasteiger partial charge in [0, 0.05) is 4.92 Å². The van der Waals surface area contributed by atoms with Gasteiger partial charge in [0.05, 0.1) is 0 Å². The van der Waals surface area contributed by atoms with Crippen molar-refractivity contribution in [2.45, 2.75) is 20.0 Å². The van der Waals surface area contributed by atoms with Crippen LogP contribution in [0.2, 0.25) is 0 Å². The van der Waals surface area contributed by atoms with Crippen molar-refractivity contribution >= 4 is 6.29 Å². The molecule has 0 saturated heterocycles. The summed E-state index contributed by atoms with van der Waals surface area (Å²) in [6.45, 7) is 2.46. The van der Waals surface area contributed by atoms with Gasteiger partial charge in [-0.15, -0.1) is 0 Å². The lowest BCUT2D eigenvalue weighted by molar-refractivity contribution is -0.489. The van der Waals surface area contributed by atoms with Gasteiger partial charge >= 0.3 is 0 Å². The summed E-state index contributed by atoms with van der Waals surface area (Å²) in [5, 5.41) is 17.7. The van der Waals surface area contributed by atoms with Gasteiger partial charge in [-0.25, -0.2) is 0 Å². The Bertz CT molecular complexity index is 102. The second kappa shape index (κ2) is 8.03. The standard InChI is InChI=1S/C3H7NO3.C2H4O/c1-3(5)2-4(6)7;1-2-3/h3,5H,2H2,1H3;2H,1H3. The summed E-state index contributed by atoms with van der Waals surface area (Å²) in [4.78, 5) is 17.7. The zero-order valence-electron chi connectivity index (χ0n) is 5.98. The van der Waals surface area contributed by atoms with Crippen LogP contribution in [-0.4, -0.2) is 29.0 Å². The predicted octanol–water partition coefficient (Wildman–Crippen LogP) is -0.151. The number of carbonyl (C=O) groups is 1. The topological polar surface area (TPSA) is 80.4 Å². The average Bonchev–Trinajstić information content (AvgIpc) is 1.62. The van der Waals surface area contributed by atoms with Crippen LogP contribution in [0, 0.1) is 10.1 Å². The zero-order valence-corrected chi connectivity index (χ0v) is 5.98. The first kappa shape index (κ1) is 11.8. The van der Waals surface area contributed by atoms with Crippen molar-refractivity contribution in [3.8, 4) is 0 Å². The molecule has 0 spiro atoms. The highest BCUT2D eigenvalue weighted by Gasteiger charge is 2.01. The highest BCUT2D eigenvalue weighted by Crippen LogP contribution is 1.77. The second-order valence-electron chi connectivity index (χ2n) is 1.60. The van der Waals surface area contributed by atoms with Crippen LogP contribution in [0.3, 0.4) is 0 Å². The molecule has 0 aromatic carbocycles. The van der Waals surface area contributed by atoms with Crippen molar-refractivity contribution in [3.05, 3.63) is 10.1 Å². The number of hydrogen-bond donors (Lipinski definition) is 1. The van der Waals surface area contributed by atoms with Gasteiger partial charge in [0.25, 0.3) is 0 Å². The van der Waals surface area contributed by atoms with Gasteiger partial charge in [-0.3, -0.25) is 10.1 Å². The van der Waals surface area contributed by atoms with E-state index in [0.717, 1.165) is 6.29 Å². The molecule has 0 saturated carbocycles. The Morgan fingerprint density at radius 1 is 1.80 bits per heavy atom. The summed E-state index contributed by atoms with van der Waals surface area (Å²) < 4.78 is 0. The molecule has 1 N–H and O–H groups in total. The molecule has 0 aliphatic heterocycles. The Hall–Kier alpha value is -0.970. The lowest BCUT2D eigenvalue weighted by atomic mass is 10.4. The molecule has 0 aromatic rings. The smallest absolute Gasteiger partial charge is 0.229 e. The molecule has 0 fully saturated rings. The molecular formula is C5H11NO4. The Labute approximate surface area is 58.8 Å². The fourth-order valence-corrected chi connectivity index (χ4v) is 0.216. The molecule has 0 aliphatic rings. The van der Waals surface area contributed by atoms with E-state index in [2.05, 4.69) is 0 Å². The molecule has 0 heterocycles. The summed E-state index contributed by atoms with van der Waals surface area (Å²) in [7, 11) is 0. The lowest BCUT2D eigenvalue weighted by Gasteiger charge is -1.92. The second-order valence-corrected chi connectivity index (χ2v) is 1.60. The third-order valence-corrected chi connectivity index (χ3v) is 0.413. The molecule has 0 radical (unpaired) electrons. The third kappa shape index (κ3) is 27.8. The Morgan fingerprint density at radius 3 is 2.10 bits per heavy atom.